The normalized spacial score (nSPS) is 16.9. The van der Waals surface area contributed by atoms with Crippen molar-refractivity contribution in [1.29, 1.82) is 0 Å². The Morgan fingerprint density at radius 1 is 1.26 bits per heavy atom. The average Bonchev–Trinajstić information content (AvgIpc) is 2.87. The lowest BCUT2D eigenvalue weighted by Gasteiger charge is -2.30. The van der Waals surface area contributed by atoms with Gasteiger partial charge in [-0.2, -0.15) is 0 Å². The minimum Gasteiger partial charge on any atom is -0.341 e. The minimum atomic E-state index is -3.50. The van der Waals surface area contributed by atoms with Crippen LogP contribution in [0.3, 0.4) is 0 Å². The van der Waals surface area contributed by atoms with Gasteiger partial charge in [-0.15, -0.1) is 0 Å². The van der Waals surface area contributed by atoms with E-state index in [0.717, 1.165) is 32.2 Å². The first-order valence-electron chi connectivity index (χ1n) is 7.79. The smallest absolute Gasteiger partial charge is 0.242 e. The van der Waals surface area contributed by atoms with Crippen LogP contribution in [0.1, 0.15) is 19.8 Å². The molecule has 124 valence electrons. The number of hydrogen-bond donors (Lipinski definition) is 0. The molecule has 0 unspecified atom stereocenters. The van der Waals surface area contributed by atoms with Crippen molar-refractivity contribution in [3.63, 3.8) is 0 Å². The molecule has 1 aliphatic rings. The zero-order valence-corrected chi connectivity index (χ0v) is 14.2. The first-order chi connectivity index (χ1) is 10.9. The number of imidazole rings is 1. The number of piperidine rings is 1. The van der Waals surface area contributed by atoms with Crippen LogP contribution in [0.25, 0.3) is 11.0 Å². The number of amides is 1. The molecule has 23 heavy (non-hydrogen) atoms. The van der Waals surface area contributed by atoms with Gasteiger partial charge in [0, 0.05) is 19.3 Å². The van der Waals surface area contributed by atoms with E-state index in [4.69, 9.17) is 0 Å². The molecule has 2 aromatic rings. The van der Waals surface area contributed by atoms with Crippen LogP contribution in [0.4, 0.5) is 0 Å². The number of likely N-dealkylation sites (tertiary alicyclic amines) is 1. The molecule has 3 rings (SSSR count). The highest BCUT2D eigenvalue weighted by Crippen LogP contribution is 2.21. The molecule has 0 aliphatic carbocycles. The van der Waals surface area contributed by atoms with Crippen LogP contribution >= 0.6 is 0 Å². The lowest BCUT2D eigenvalue weighted by molar-refractivity contribution is -0.133. The van der Waals surface area contributed by atoms with Crippen molar-refractivity contribution in [2.75, 3.05) is 19.3 Å². The Hall–Kier alpha value is -1.89. The van der Waals surface area contributed by atoms with Crippen molar-refractivity contribution in [1.82, 2.24) is 14.5 Å². The Bertz CT molecular complexity index is 833. The molecule has 1 amide bonds. The lowest BCUT2D eigenvalue weighted by Crippen LogP contribution is -2.40. The van der Waals surface area contributed by atoms with E-state index in [-0.39, 0.29) is 17.6 Å². The predicted molar refractivity (Wildman–Crippen MR) is 87.8 cm³/mol. The monoisotopic (exact) mass is 335 g/mol. The molecule has 0 radical (unpaired) electrons. The predicted octanol–water partition coefficient (Wildman–Crippen LogP) is 1.70. The van der Waals surface area contributed by atoms with Gasteiger partial charge in [0.15, 0.2) is 0 Å². The van der Waals surface area contributed by atoms with Crippen LogP contribution in [-0.2, 0) is 21.2 Å². The van der Waals surface area contributed by atoms with E-state index >= 15 is 0 Å². The molecule has 0 saturated carbocycles. The number of carbonyl (C=O) groups excluding carboxylic acids is 1. The summed E-state index contributed by atoms with van der Waals surface area (Å²) < 4.78 is 25.6. The van der Waals surface area contributed by atoms with Crippen LogP contribution in [0.5, 0.6) is 0 Å². The van der Waals surface area contributed by atoms with Crippen molar-refractivity contribution >= 4 is 26.8 Å². The van der Waals surface area contributed by atoms with Gasteiger partial charge in [0.25, 0.3) is 0 Å². The molecule has 0 spiro atoms. The number of fused-ring (bicyclic) bond motifs is 1. The molecule has 1 aromatic heterocycles. The van der Waals surface area contributed by atoms with Crippen molar-refractivity contribution < 1.29 is 13.2 Å². The van der Waals surface area contributed by atoms with Crippen molar-refractivity contribution in [2.45, 2.75) is 31.5 Å². The largest absolute Gasteiger partial charge is 0.341 e. The maximum atomic E-state index is 12.6. The number of nitrogens with zero attached hydrogens (tertiary/aromatic N) is 3. The zero-order chi connectivity index (χ0) is 16.6. The summed E-state index contributed by atoms with van der Waals surface area (Å²) in [7, 11) is -3.50. The van der Waals surface area contributed by atoms with Gasteiger partial charge >= 0.3 is 0 Å². The molecule has 0 N–H and O–H groups in total. The van der Waals surface area contributed by atoms with Crippen LogP contribution in [0.15, 0.2) is 29.4 Å². The zero-order valence-electron chi connectivity index (χ0n) is 13.4. The van der Waals surface area contributed by atoms with Crippen molar-refractivity contribution in [3.8, 4) is 0 Å². The number of rotatable bonds is 3. The number of sulfone groups is 1. The fraction of sp³-hybridized carbons (Fsp3) is 0.500. The third-order valence-electron chi connectivity index (χ3n) is 4.38. The summed E-state index contributed by atoms with van der Waals surface area (Å²) in [6, 6.07) is 7.18. The van der Waals surface area contributed by atoms with E-state index in [2.05, 4.69) is 11.9 Å². The summed E-state index contributed by atoms with van der Waals surface area (Å²) in [5.41, 5.74) is 1.26. The van der Waals surface area contributed by atoms with Crippen LogP contribution < -0.4 is 0 Å². The van der Waals surface area contributed by atoms with E-state index in [1.165, 1.54) is 4.57 Å². The Morgan fingerprint density at radius 3 is 2.57 bits per heavy atom. The fourth-order valence-corrected chi connectivity index (χ4v) is 3.81. The van der Waals surface area contributed by atoms with Gasteiger partial charge in [-0.1, -0.05) is 19.1 Å². The van der Waals surface area contributed by atoms with Crippen molar-refractivity contribution in [3.05, 3.63) is 24.3 Å². The van der Waals surface area contributed by atoms with Crippen LogP contribution in [0.2, 0.25) is 0 Å². The summed E-state index contributed by atoms with van der Waals surface area (Å²) in [5.74, 6) is 0.588. The topological polar surface area (TPSA) is 72.3 Å². The number of aromatic nitrogens is 2. The second-order valence-electron chi connectivity index (χ2n) is 6.30. The molecule has 0 atom stereocenters. The van der Waals surface area contributed by atoms with Crippen LogP contribution in [-0.4, -0.2) is 48.1 Å². The van der Waals surface area contributed by atoms with Gasteiger partial charge in [0.05, 0.1) is 11.0 Å². The van der Waals surface area contributed by atoms with Gasteiger partial charge in [0.2, 0.25) is 20.9 Å². The van der Waals surface area contributed by atoms with Crippen molar-refractivity contribution in [2.24, 2.45) is 5.92 Å². The van der Waals surface area contributed by atoms with Gasteiger partial charge in [-0.25, -0.2) is 13.4 Å². The van der Waals surface area contributed by atoms with Gasteiger partial charge in [-0.05, 0) is 30.9 Å². The standard InChI is InChI=1S/C16H21N3O3S/c1-12-7-9-18(10-8-12)15(20)11-19-14-6-4-3-5-13(14)17-16(19)23(2,21)22/h3-6,12H,7-11H2,1-2H3. The molecule has 1 fully saturated rings. The lowest BCUT2D eigenvalue weighted by atomic mass is 9.99. The molecule has 0 bridgehead atoms. The van der Waals surface area contributed by atoms with E-state index in [0.29, 0.717) is 17.0 Å². The molecule has 2 heterocycles. The van der Waals surface area contributed by atoms with E-state index in [9.17, 15) is 13.2 Å². The highest BCUT2D eigenvalue weighted by Gasteiger charge is 2.25. The summed E-state index contributed by atoms with van der Waals surface area (Å²) in [6.45, 7) is 3.67. The Morgan fingerprint density at radius 2 is 1.91 bits per heavy atom. The van der Waals surface area contributed by atoms with E-state index < -0.39 is 9.84 Å². The summed E-state index contributed by atoms with van der Waals surface area (Å²) >= 11 is 0. The second kappa shape index (κ2) is 5.96. The third kappa shape index (κ3) is 3.24. The first kappa shape index (κ1) is 16.0. The maximum absolute atomic E-state index is 12.6. The molecule has 6 nitrogen and oxygen atoms in total. The minimum absolute atomic E-state index is 0.0112. The van der Waals surface area contributed by atoms with E-state index in [1.807, 2.05) is 11.0 Å². The number of hydrogen-bond acceptors (Lipinski definition) is 4. The highest BCUT2D eigenvalue weighted by atomic mass is 32.2. The quantitative estimate of drug-likeness (QED) is 0.856. The Labute approximate surface area is 136 Å². The molecule has 1 aromatic carbocycles. The average molecular weight is 335 g/mol. The molecular weight excluding hydrogens is 314 g/mol. The SMILES string of the molecule is CC1CCN(C(=O)Cn2c(S(C)(=O)=O)nc3ccccc32)CC1. The summed E-state index contributed by atoms with van der Waals surface area (Å²) in [5, 5.41) is -0.0440. The number of para-hydroxylation sites is 2. The van der Waals surface area contributed by atoms with Gasteiger partial charge in [-0.3, -0.25) is 4.79 Å². The third-order valence-corrected chi connectivity index (χ3v) is 5.36. The summed E-state index contributed by atoms with van der Waals surface area (Å²) in [6.07, 6.45) is 3.11. The Balaban J connectivity index is 1.94. The Kier molecular flexibility index (Phi) is 4.14. The second-order valence-corrected chi connectivity index (χ2v) is 8.21. The number of benzene rings is 1. The highest BCUT2D eigenvalue weighted by molar-refractivity contribution is 7.90. The van der Waals surface area contributed by atoms with Crippen LogP contribution in [0, 0.1) is 5.92 Å². The number of carbonyl (C=O) groups is 1. The molecule has 1 saturated heterocycles. The molecule has 7 heteroatoms. The maximum Gasteiger partial charge on any atom is 0.242 e. The molecule has 1 aliphatic heterocycles. The van der Waals surface area contributed by atoms with Gasteiger partial charge in [0.1, 0.15) is 6.54 Å². The van der Waals surface area contributed by atoms with Gasteiger partial charge < -0.3 is 9.47 Å². The molecular formula is C16H21N3O3S. The summed E-state index contributed by atoms with van der Waals surface area (Å²) in [4.78, 5) is 18.6. The fourth-order valence-electron chi connectivity index (χ4n) is 2.98. The first-order valence-corrected chi connectivity index (χ1v) is 9.68. The van der Waals surface area contributed by atoms with E-state index in [1.54, 1.807) is 18.2 Å².